The number of alkyl halides is 1. The number of nitrogens with one attached hydrogen (secondary N) is 1. The zero-order chi connectivity index (χ0) is 13.7. The van der Waals surface area contributed by atoms with Gasteiger partial charge in [-0.05, 0) is 44.6 Å². The Hall–Kier alpha value is -1.02. The van der Waals surface area contributed by atoms with Crippen LogP contribution in [0.3, 0.4) is 0 Å². The minimum atomic E-state index is 0.166. The maximum Gasteiger partial charge on any atom is 0.220 e. The Bertz CT molecular complexity index is 425. The number of carbonyl (C=O) groups excluding carboxylic acids is 1. The lowest BCUT2D eigenvalue weighted by Crippen LogP contribution is -2.37. The van der Waals surface area contributed by atoms with Crippen molar-refractivity contribution in [2.24, 2.45) is 0 Å². The predicted molar refractivity (Wildman–Crippen MR) is 79.5 cm³/mol. The summed E-state index contributed by atoms with van der Waals surface area (Å²) in [5, 5.41) is 3.43. The third kappa shape index (κ3) is 4.87. The average molecular weight is 280 g/mol. The largest absolute Gasteiger partial charge is 0.353 e. The van der Waals surface area contributed by atoms with E-state index in [4.69, 9.17) is 11.6 Å². The zero-order valence-corrected chi connectivity index (χ0v) is 12.2. The van der Waals surface area contributed by atoms with Crippen molar-refractivity contribution in [1.29, 1.82) is 0 Å². The molecule has 1 saturated carbocycles. The Labute approximate surface area is 120 Å². The number of aryl methyl sites for hydroxylation is 2. The van der Waals surface area contributed by atoms with Gasteiger partial charge in [0.05, 0.1) is 0 Å². The molecule has 1 aromatic carbocycles. The average Bonchev–Trinajstić information content (AvgIpc) is 2.39. The van der Waals surface area contributed by atoms with Crippen LogP contribution in [0.4, 0.5) is 0 Å². The smallest absolute Gasteiger partial charge is 0.220 e. The van der Waals surface area contributed by atoms with Gasteiger partial charge in [0.15, 0.2) is 0 Å². The van der Waals surface area contributed by atoms with Crippen molar-refractivity contribution in [2.75, 3.05) is 0 Å². The fourth-order valence-corrected chi connectivity index (χ4v) is 2.87. The van der Waals surface area contributed by atoms with E-state index in [1.54, 1.807) is 0 Å². The van der Waals surface area contributed by atoms with Gasteiger partial charge in [0.1, 0.15) is 0 Å². The van der Waals surface area contributed by atoms with Crippen LogP contribution >= 0.6 is 11.6 Å². The van der Waals surface area contributed by atoms with Crippen molar-refractivity contribution in [3.05, 3.63) is 35.4 Å². The summed E-state index contributed by atoms with van der Waals surface area (Å²) in [5.74, 6) is 0.166. The third-order valence-electron chi connectivity index (χ3n) is 3.75. The monoisotopic (exact) mass is 279 g/mol. The molecule has 19 heavy (non-hydrogen) atoms. The van der Waals surface area contributed by atoms with Gasteiger partial charge in [-0.1, -0.05) is 29.8 Å². The molecule has 0 atom stereocenters. The van der Waals surface area contributed by atoms with E-state index in [2.05, 4.69) is 30.4 Å². The highest BCUT2D eigenvalue weighted by atomic mass is 35.5. The Morgan fingerprint density at radius 2 is 2.05 bits per heavy atom. The number of hydrogen-bond acceptors (Lipinski definition) is 1. The molecule has 1 aliphatic rings. The van der Waals surface area contributed by atoms with Crippen LogP contribution in [0.1, 0.15) is 43.2 Å². The van der Waals surface area contributed by atoms with Crippen molar-refractivity contribution in [3.63, 3.8) is 0 Å². The molecule has 1 amide bonds. The summed E-state index contributed by atoms with van der Waals surface area (Å²) in [4.78, 5) is 11.9. The summed E-state index contributed by atoms with van der Waals surface area (Å²) in [6, 6.07) is 8.68. The molecule has 0 radical (unpaired) electrons. The quantitative estimate of drug-likeness (QED) is 0.839. The molecule has 2 rings (SSSR count). The summed E-state index contributed by atoms with van der Waals surface area (Å²) >= 11 is 6.06. The lowest BCUT2D eigenvalue weighted by Gasteiger charge is -2.25. The first-order valence-electron chi connectivity index (χ1n) is 7.12. The number of halogens is 1. The summed E-state index contributed by atoms with van der Waals surface area (Å²) in [5.41, 5.74) is 2.48. The van der Waals surface area contributed by atoms with Gasteiger partial charge in [-0.15, -0.1) is 11.6 Å². The third-order valence-corrected chi connectivity index (χ3v) is 4.18. The van der Waals surface area contributed by atoms with Crippen molar-refractivity contribution in [1.82, 2.24) is 5.32 Å². The van der Waals surface area contributed by atoms with Gasteiger partial charge in [-0.3, -0.25) is 4.79 Å². The molecular weight excluding hydrogens is 258 g/mol. The molecule has 0 aromatic heterocycles. The molecule has 0 bridgehead atoms. The van der Waals surface area contributed by atoms with E-state index in [-0.39, 0.29) is 5.91 Å². The highest BCUT2D eigenvalue weighted by molar-refractivity contribution is 6.20. The molecule has 0 saturated heterocycles. The van der Waals surface area contributed by atoms with E-state index < -0.39 is 0 Å². The summed E-state index contributed by atoms with van der Waals surface area (Å²) in [7, 11) is 0. The molecule has 1 N–H and O–H groups in total. The van der Waals surface area contributed by atoms with Crippen LogP contribution in [0.2, 0.25) is 0 Å². The molecule has 1 aliphatic carbocycles. The van der Waals surface area contributed by atoms with Crippen LogP contribution in [-0.2, 0) is 11.2 Å². The van der Waals surface area contributed by atoms with Crippen LogP contribution < -0.4 is 5.32 Å². The molecule has 0 aliphatic heterocycles. The van der Waals surface area contributed by atoms with Crippen LogP contribution in [-0.4, -0.2) is 17.3 Å². The van der Waals surface area contributed by atoms with Crippen molar-refractivity contribution in [2.45, 2.75) is 56.9 Å². The normalized spacial score (nSPS) is 23.1. The lowest BCUT2D eigenvalue weighted by atomic mass is 9.95. The molecule has 1 fully saturated rings. The second kappa shape index (κ2) is 6.95. The number of amides is 1. The number of carbonyl (C=O) groups is 1. The molecular formula is C16H22ClNO. The molecule has 104 valence electrons. The number of benzene rings is 1. The Balaban J connectivity index is 1.73. The van der Waals surface area contributed by atoms with Gasteiger partial charge < -0.3 is 5.32 Å². The van der Waals surface area contributed by atoms with Gasteiger partial charge in [-0.25, -0.2) is 0 Å². The van der Waals surface area contributed by atoms with Crippen LogP contribution in [0, 0.1) is 6.92 Å². The van der Waals surface area contributed by atoms with Gasteiger partial charge >= 0.3 is 0 Å². The van der Waals surface area contributed by atoms with Gasteiger partial charge in [-0.2, -0.15) is 0 Å². The second-order valence-corrected chi connectivity index (χ2v) is 6.12. The molecule has 2 nitrogen and oxygen atoms in total. The first-order valence-corrected chi connectivity index (χ1v) is 7.56. The standard InChI is InChI=1S/C16H22ClNO/c1-12-3-2-4-13(11-12)5-10-16(19)18-15-8-6-14(17)7-9-15/h2-4,11,14-15H,5-10H2,1H3,(H,18,19). The van der Waals surface area contributed by atoms with Crippen LogP contribution in [0.5, 0.6) is 0 Å². The first-order chi connectivity index (χ1) is 9.13. The van der Waals surface area contributed by atoms with E-state index in [1.807, 2.05) is 6.07 Å². The Morgan fingerprint density at radius 1 is 1.32 bits per heavy atom. The Kier molecular flexibility index (Phi) is 5.26. The predicted octanol–water partition coefficient (Wildman–Crippen LogP) is 3.59. The van der Waals surface area contributed by atoms with Gasteiger partial charge in [0.2, 0.25) is 5.91 Å². The van der Waals surface area contributed by atoms with E-state index >= 15 is 0 Å². The zero-order valence-electron chi connectivity index (χ0n) is 11.5. The molecule has 1 aromatic rings. The first kappa shape index (κ1) is 14.4. The summed E-state index contributed by atoms with van der Waals surface area (Å²) < 4.78 is 0. The van der Waals surface area contributed by atoms with Crippen molar-refractivity contribution < 1.29 is 4.79 Å². The van der Waals surface area contributed by atoms with Gasteiger partial charge in [0.25, 0.3) is 0 Å². The Morgan fingerprint density at radius 3 is 2.74 bits per heavy atom. The minimum absolute atomic E-state index is 0.166. The van der Waals surface area contributed by atoms with Crippen molar-refractivity contribution >= 4 is 17.5 Å². The highest BCUT2D eigenvalue weighted by Crippen LogP contribution is 2.22. The van der Waals surface area contributed by atoms with E-state index in [0.717, 1.165) is 32.1 Å². The number of hydrogen-bond donors (Lipinski definition) is 1. The molecule has 0 spiro atoms. The summed E-state index contributed by atoms with van der Waals surface area (Å²) in [6.07, 6.45) is 5.46. The second-order valence-electron chi connectivity index (χ2n) is 5.51. The van der Waals surface area contributed by atoms with E-state index in [9.17, 15) is 4.79 Å². The molecule has 0 unspecified atom stereocenters. The topological polar surface area (TPSA) is 29.1 Å². The van der Waals surface area contributed by atoms with Gasteiger partial charge in [0, 0.05) is 17.8 Å². The van der Waals surface area contributed by atoms with E-state index in [0.29, 0.717) is 17.8 Å². The maximum absolute atomic E-state index is 11.9. The number of rotatable bonds is 4. The highest BCUT2D eigenvalue weighted by Gasteiger charge is 2.20. The fourth-order valence-electron chi connectivity index (χ4n) is 2.62. The van der Waals surface area contributed by atoms with E-state index in [1.165, 1.54) is 11.1 Å². The summed E-state index contributed by atoms with van der Waals surface area (Å²) in [6.45, 7) is 2.08. The maximum atomic E-state index is 11.9. The lowest BCUT2D eigenvalue weighted by molar-refractivity contribution is -0.121. The fraction of sp³-hybridized carbons (Fsp3) is 0.562. The van der Waals surface area contributed by atoms with Crippen LogP contribution in [0.25, 0.3) is 0 Å². The van der Waals surface area contributed by atoms with Crippen LogP contribution in [0.15, 0.2) is 24.3 Å². The SMILES string of the molecule is Cc1cccc(CCC(=O)NC2CCC(Cl)CC2)c1. The molecule has 3 heteroatoms. The minimum Gasteiger partial charge on any atom is -0.353 e. The van der Waals surface area contributed by atoms with Crippen molar-refractivity contribution in [3.8, 4) is 0 Å². The molecule has 0 heterocycles.